The van der Waals surface area contributed by atoms with Crippen molar-refractivity contribution in [3.05, 3.63) is 86.4 Å². The largest absolute Gasteiger partial charge is 0.448 e. The van der Waals surface area contributed by atoms with E-state index in [0.717, 1.165) is 9.60 Å². The zero-order valence-corrected chi connectivity index (χ0v) is 17.5. The number of furan rings is 1. The van der Waals surface area contributed by atoms with Crippen LogP contribution in [0.1, 0.15) is 15.4 Å². The molecule has 0 fully saturated rings. The fourth-order valence-electron chi connectivity index (χ4n) is 2.54. The van der Waals surface area contributed by atoms with Crippen LogP contribution in [0.4, 0.5) is 5.69 Å². The number of halogens is 1. The molecule has 150 valence electrons. The summed E-state index contributed by atoms with van der Waals surface area (Å²) in [7, 11) is 0. The van der Waals surface area contributed by atoms with E-state index in [-0.39, 0.29) is 5.69 Å². The average Bonchev–Trinajstić information content (AvgIpc) is 3.35. The van der Waals surface area contributed by atoms with Crippen LogP contribution >= 0.6 is 34.7 Å². The number of nitrogens with zero attached hydrogens (tertiary/aromatic N) is 2. The van der Waals surface area contributed by atoms with Crippen molar-refractivity contribution in [1.29, 1.82) is 0 Å². The van der Waals surface area contributed by atoms with E-state index in [9.17, 15) is 14.9 Å². The summed E-state index contributed by atoms with van der Waals surface area (Å²) in [5.74, 6) is 0.0798. The van der Waals surface area contributed by atoms with Crippen LogP contribution in [0.5, 0.6) is 0 Å². The Balaban J connectivity index is 1.39. The number of hydrogen-bond donors (Lipinski definition) is 1. The second kappa shape index (κ2) is 8.70. The summed E-state index contributed by atoms with van der Waals surface area (Å²) in [6, 6.07) is 17.0. The zero-order chi connectivity index (χ0) is 21.1. The molecule has 7 nitrogen and oxygen atoms in total. The molecule has 0 unspecified atom stereocenters. The lowest BCUT2D eigenvalue weighted by atomic mass is 10.2. The van der Waals surface area contributed by atoms with Gasteiger partial charge in [0, 0.05) is 32.1 Å². The fourth-order valence-corrected chi connectivity index (χ4v) is 4.38. The highest BCUT2D eigenvalue weighted by molar-refractivity contribution is 7.99. The van der Waals surface area contributed by atoms with E-state index in [1.54, 1.807) is 36.4 Å². The molecule has 0 saturated carbocycles. The normalized spacial score (nSPS) is 11.2. The highest BCUT2D eigenvalue weighted by Crippen LogP contribution is 2.30. The Morgan fingerprint density at radius 3 is 2.73 bits per heavy atom. The van der Waals surface area contributed by atoms with Gasteiger partial charge in [-0.05, 0) is 48.5 Å². The summed E-state index contributed by atoms with van der Waals surface area (Å²) < 4.78 is 6.44. The highest BCUT2D eigenvalue weighted by atomic mass is 35.5. The third kappa shape index (κ3) is 4.70. The van der Waals surface area contributed by atoms with Gasteiger partial charge in [-0.1, -0.05) is 23.4 Å². The molecule has 0 spiro atoms. The number of carbonyl (C=O) groups excluding carboxylic acids is 1. The van der Waals surface area contributed by atoms with Gasteiger partial charge in [0.1, 0.15) is 5.76 Å². The van der Waals surface area contributed by atoms with Crippen LogP contribution in [0.3, 0.4) is 0 Å². The molecular formula is C20H12ClN3O4S2. The summed E-state index contributed by atoms with van der Waals surface area (Å²) in [4.78, 5) is 24.1. The topological polar surface area (TPSA) is 97.7 Å². The Morgan fingerprint density at radius 2 is 1.97 bits per heavy atom. The number of amides is 1. The van der Waals surface area contributed by atoms with Crippen LogP contribution < -0.4 is 5.43 Å². The van der Waals surface area contributed by atoms with Crippen molar-refractivity contribution in [1.82, 2.24) is 5.43 Å². The Morgan fingerprint density at radius 1 is 1.17 bits per heavy atom. The molecule has 1 amide bonds. The van der Waals surface area contributed by atoms with Gasteiger partial charge < -0.3 is 4.42 Å². The standard InChI is InChI=1S/C20H12ClN3O4S2/c21-13-1-5-16(6-2-13)29-19-8-4-15(28-19)11-22-23-20(25)18-10-12-9-14(24(26)27)3-7-17(12)30-18/h1-11H,(H,23,25)/b22-11-. The predicted molar refractivity (Wildman–Crippen MR) is 118 cm³/mol. The van der Waals surface area contributed by atoms with E-state index in [2.05, 4.69) is 10.5 Å². The number of thiophene rings is 1. The van der Waals surface area contributed by atoms with Crippen LogP contribution in [0.25, 0.3) is 10.1 Å². The Bertz CT molecular complexity index is 1260. The van der Waals surface area contributed by atoms with Gasteiger partial charge in [-0.3, -0.25) is 14.9 Å². The van der Waals surface area contributed by atoms with Crippen LogP contribution in [0.2, 0.25) is 5.02 Å². The Kier molecular flexibility index (Phi) is 5.84. The number of fused-ring (bicyclic) bond motifs is 1. The molecular weight excluding hydrogens is 446 g/mol. The molecule has 2 heterocycles. The number of hydrogen-bond acceptors (Lipinski definition) is 7. The monoisotopic (exact) mass is 457 g/mol. The van der Waals surface area contributed by atoms with Gasteiger partial charge >= 0.3 is 0 Å². The number of hydrazone groups is 1. The number of rotatable bonds is 6. The number of benzene rings is 2. The third-order valence-corrected chi connectivity index (χ3v) is 6.22. The SMILES string of the molecule is O=C(N/N=C\c1ccc(Sc2ccc(Cl)cc2)o1)c1cc2cc([N+](=O)[O-])ccc2s1. The molecule has 30 heavy (non-hydrogen) atoms. The molecule has 1 N–H and O–H groups in total. The average molecular weight is 458 g/mol. The molecule has 0 saturated heterocycles. The first-order chi connectivity index (χ1) is 14.5. The summed E-state index contributed by atoms with van der Waals surface area (Å²) in [6.07, 6.45) is 1.40. The van der Waals surface area contributed by atoms with E-state index in [0.29, 0.717) is 26.1 Å². The van der Waals surface area contributed by atoms with E-state index < -0.39 is 10.8 Å². The summed E-state index contributed by atoms with van der Waals surface area (Å²) in [5.41, 5.74) is 2.42. The fraction of sp³-hybridized carbons (Fsp3) is 0. The number of nitro benzene ring substituents is 1. The van der Waals surface area contributed by atoms with Crippen molar-refractivity contribution in [2.75, 3.05) is 0 Å². The van der Waals surface area contributed by atoms with Crippen LogP contribution in [0.15, 0.2) is 80.2 Å². The van der Waals surface area contributed by atoms with Gasteiger partial charge in [-0.2, -0.15) is 5.10 Å². The summed E-state index contributed by atoms with van der Waals surface area (Å²) in [5, 5.41) is 16.8. The lowest BCUT2D eigenvalue weighted by molar-refractivity contribution is -0.384. The molecule has 4 aromatic rings. The van der Waals surface area contributed by atoms with Gasteiger partial charge in [0.05, 0.1) is 16.0 Å². The molecule has 2 aromatic heterocycles. The minimum atomic E-state index is -0.468. The number of non-ortho nitro benzene ring substituents is 1. The quantitative estimate of drug-likeness (QED) is 0.218. The molecule has 2 aromatic carbocycles. The second-order valence-corrected chi connectivity index (χ2v) is 8.60. The summed E-state index contributed by atoms with van der Waals surface area (Å²) in [6.45, 7) is 0. The molecule has 0 radical (unpaired) electrons. The predicted octanol–water partition coefficient (Wildman–Crippen LogP) is 5.97. The molecule has 4 rings (SSSR count). The maximum atomic E-state index is 12.3. The van der Waals surface area contributed by atoms with E-state index in [4.69, 9.17) is 16.0 Å². The highest BCUT2D eigenvalue weighted by Gasteiger charge is 2.13. The van der Waals surface area contributed by atoms with Crippen molar-refractivity contribution in [3.8, 4) is 0 Å². The van der Waals surface area contributed by atoms with Crippen molar-refractivity contribution in [3.63, 3.8) is 0 Å². The molecule has 0 aliphatic heterocycles. The van der Waals surface area contributed by atoms with E-state index in [1.165, 1.54) is 41.4 Å². The third-order valence-electron chi connectivity index (χ3n) is 3.93. The molecule has 0 atom stereocenters. The number of nitro groups is 1. The van der Waals surface area contributed by atoms with Crippen LogP contribution in [0, 0.1) is 10.1 Å². The number of carbonyl (C=O) groups is 1. The van der Waals surface area contributed by atoms with Gasteiger partial charge in [0.25, 0.3) is 11.6 Å². The minimum Gasteiger partial charge on any atom is -0.448 e. The van der Waals surface area contributed by atoms with E-state index in [1.807, 2.05) is 12.1 Å². The maximum Gasteiger partial charge on any atom is 0.281 e. The van der Waals surface area contributed by atoms with Crippen molar-refractivity contribution in [2.24, 2.45) is 5.10 Å². The van der Waals surface area contributed by atoms with Crippen LogP contribution in [-0.4, -0.2) is 17.0 Å². The van der Waals surface area contributed by atoms with Crippen LogP contribution in [-0.2, 0) is 0 Å². The van der Waals surface area contributed by atoms with Crippen molar-refractivity contribution in [2.45, 2.75) is 9.99 Å². The first-order valence-electron chi connectivity index (χ1n) is 8.52. The lowest BCUT2D eigenvalue weighted by Gasteiger charge is -1.97. The lowest BCUT2D eigenvalue weighted by Crippen LogP contribution is -2.15. The smallest absolute Gasteiger partial charge is 0.281 e. The van der Waals surface area contributed by atoms with Crippen molar-refractivity contribution >= 4 is 62.6 Å². The minimum absolute atomic E-state index is 0.0182. The first kappa shape index (κ1) is 20.1. The molecule has 10 heteroatoms. The number of nitrogens with one attached hydrogen (secondary N) is 1. The zero-order valence-electron chi connectivity index (χ0n) is 15.1. The van der Waals surface area contributed by atoms with E-state index >= 15 is 0 Å². The van der Waals surface area contributed by atoms with Crippen molar-refractivity contribution < 1.29 is 14.1 Å². The van der Waals surface area contributed by atoms with Gasteiger partial charge in [-0.25, -0.2) is 5.43 Å². The Labute approximate surface area is 183 Å². The second-order valence-electron chi connectivity index (χ2n) is 6.00. The maximum absolute atomic E-state index is 12.3. The summed E-state index contributed by atoms with van der Waals surface area (Å²) >= 11 is 8.55. The Hall–Kier alpha value is -3.14. The van der Waals surface area contributed by atoms with Gasteiger partial charge in [0.15, 0.2) is 5.09 Å². The molecule has 0 aliphatic rings. The van der Waals surface area contributed by atoms with Gasteiger partial charge in [-0.15, -0.1) is 11.3 Å². The first-order valence-corrected chi connectivity index (χ1v) is 10.5. The molecule has 0 bridgehead atoms. The van der Waals surface area contributed by atoms with Gasteiger partial charge in [0.2, 0.25) is 0 Å². The molecule has 0 aliphatic carbocycles.